The van der Waals surface area contributed by atoms with Crippen molar-refractivity contribution in [1.82, 2.24) is 10.1 Å². The molecule has 2 aromatic heterocycles. The van der Waals surface area contributed by atoms with E-state index in [0.717, 1.165) is 0 Å². The first-order valence-corrected chi connectivity index (χ1v) is 8.51. The van der Waals surface area contributed by atoms with Gasteiger partial charge in [-0.05, 0) is 32.0 Å². The van der Waals surface area contributed by atoms with Gasteiger partial charge in [-0.2, -0.15) is 0 Å². The second kappa shape index (κ2) is 7.76. The quantitative estimate of drug-likeness (QED) is 0.580. The molecule has 1 amide bonds. The number of halogens is 2. The van der Waals surface area contributed by atoms with E-state index in [1.165, 1.54) is 6.20 Å². The van der Waals surface area contributed by atoms with Gasteiger partial charge in [0.1, 0.15) is 22.6 Å². The third-order valence-corrected chi connectivity index (χ3v) is 4.26. The van der Waals surface area contributed by atoms with Crippen molar-refractivity contribution in [3.05, 3.63) is 64.0 Å². The number of benzene rings is 1. The number of aryl methyl sites for hydroxylation is 1. The van der Waals surface area contributed by atoms with Gasteiger partial charge < -0.3 is 9.26 Å². The topological polar surface area (TPSA) is 77.3 Å². The summed E-state index contributed by atoms with van der Waals surface area (Å²) in [5.74, 6) is 0.370. The van der Waals surface area contributed by atoms with Crippen LogP contribution in [-0.2, 0) is 4.74 Å². The molecule has 3 rings (SSSR count). The van der Waals surface area contributed by atoms with Crippen LogP contribution < -0.4 is 5.32 Å². The van der Waals surface area contributed by atoms with E-state index >= 15 is 0 Å². The lowest BCUT2D eigenvalue weighted by Gasteiger charge is -2.15. The zero-order valence-corrected chi connectivity index (χ0v) is 15.5. The van der Waals surface area contributed by atoms with Crippen LogP contribution in [-0.4, -0.2) is 16.2 Å². The van der Waals surface area contributed by atoms with E-state index < -0.39 is 12.2 Å². The number of carbonyl (C=O) groups excluding carboxylic acids is 1. The molecule has 0 aliphatic heterocycles. The van der Waals surface area contributed by atoms with Crippen LogP contribution in [0.2, 0.25) is 10.2 Å². The predicted molar refractivity (Wildman–Crippen MR) is 99.5 cm³/mol. The van der Waals surface area contributed by atoms with Gasteiger partial charge in [0.2, 0.25) is 0 Å². The Bertz CT molecular complexity index is 943. The summed E-state index contributed by atoms with van der Waals surface area (Å²) in [6, 6.07) is 10.5. The summed E-state index contributed by atoms with van der Waals surface area (Å²) < 4.78 is 10.7. The number of ether oxygens (including phenoxy) is 1. The van der Waals surface area contributed by atoms with E-state index in [1.54, 1.807) is 38.1 Å². The van der Waals surface area contributed by atoms with Crippen molar-refractivity contribution in [3.63, 3.8) is 0 Å². The molecule has 0 radical (unpaired) electrons. The Hall–Kier alpha value is -2.57. The number of anilines is 1. The van der Waals surface area contributed by atoms with Gasteiger partial charge in [0.15, 0.2) is 5.76 Å². The van der Waals surface area contributed by atoms with E-state index in [2.05, 4.69) is 15.5 Å². The number of carbonyl (C=O) groups is 1. The van der Waals surface area contributed by atoms with Crippen LogP contribution in [0.4, 0.5) is 10.5 Å². The Kier molecular flexibility index (Phi) is 5.44. The number of nitrogens with zero attached hydrogens (tertiary/aromatic N) is 2. The van der Waals surface area contributed by atoms with Crippen LogP contribution in [0.5, 0.6) is 0 Å². The van der Waals surface area contributed by atoms with Crippen LogP contribution in [0.3, 0.4) is 0 Å². The summed E-state index contributed by atoms with van der Waals surface area (Å²) in [5.41, 5.74) is 2.27. The Morgan fingerprint density at radius 2 is 2.04 bits per heavy atom. The maximum Gasteiger partial charge on any atom is 0.412 e. The zero-order chi connectivity index (χ0) is 18.7. The maximum absolute atomic E-state index is 12.3. The van der Waals surface area contributed by atoms with Crippen molar-refractivity contribution in [2.45, 2.75) is 20.0 Å². The smallest absolute Gasteiger partial charge is 0.412 e. The average Bonchev–Trinajstić information content (AvgIpc) is 2.96. The van der Waals surface area contributed by atoms with Crippen molar-refractivity contribution >= 4 is 35.0 Å². The molecule has 0 fully saturated rings. The monoisotopic (exact) mass is 391 g/mol. The molecule has 0 saturated carbocycles. The van der Waals surface area contributed by atoms with Crippen LogP contribution in [0.25, 0.3) is 11.3 Å². The lowest BCUT2D eigenvalue weighted by molar-refractivity contribution is 0.121. The molecule has 1 aromatic carbocycles. The second-order valence-electron chi connectivity index (χ2n) is 5.53. The van der Waals surface area contributed by atoms with Gasteiger partial charge in [0.05, 0.1) is 0 Å². The Balaban J connectivity index is 1.78. The van der Waals surface area contributed by atoms with Gasteiger partial charge in [0.25, 0.3) is 0 Å². The Morgan fingerprint density at radius 3 is 2.77 bits per heavy atom. The fraction of sp³-hybridized carbons (Fsp3) is 0.167. The van der Waals surface area contributed by atoms with Crippen molar-refractivity contribution in [2.24, 2.45) is 0 Å². The molecule has 3 aromatic rings. The number of hydrogen-bond donors (Lipinski definition) is 1. The first-order chi connectivity index (χ1) is 12.5. The molecule has 2 heterocycles. The SMILES string of the molecule is Cc1noc(-c2ccnc(Cl)c2)c1NC(=O)OC(C)c1ccccc1Cl. The molecule has 0 bridgehead atoms. The van der Waals surface area contributed by atoms with Crippen molar-refractivity contribution in [2.75, 3.05) is 5.32 Å². The normalized spacial score (nSPS) is 11.8. The highest BCUT2D eigenvalue weighted by atomic mass is 35.5. The molecule has 8 heteroatoms. The van der Waals surface area contributed by atoms with Crippen LogP contribution in [0.1, 0.15) is 24.3 Å². The third kappa shape index (κ3) is 3.98. The summed E-state index contributed by atoms with van der Waals surface area (Å²) in [7, 11) is 0. The highest BCUT2D eigenvalue weighted by Gasteiger charge is 2.20. The van der Waals surface area contributed by atoms with E-state index in [0.29, 0.717) is 38.4 Å². The van der Waals surface area contributed by atoms with E-state index in [-0.39, 0.29) is 0 Å². The molecule has 1 N–H and O–H groups in total. The summed E-state index contributed by atoms with van der Waals surface area (Å²) in [5, 5.41) is 7.40. The number of aromatic nitrogens is 2. The number of nitrogens with one attached hydrogen (secondary N) is 1. The van der Waals surface area contributed by atoms with Gasteiger partial charge in [0, 0.05) is 22.3 Å². The minimum absolute atomic E-state index is 0.303. The summed E-state index contributed by atoms with van der Waals surface area (Å²) >= 11 is 12.0. The first-order valence-electron chi connectivity index (χ1n) is 7.76. The molecular formula is C18H15Cl2N3O3. The number of rotatable bonds is 4. The Morgan fingerprint density at radius 1 is 1.27 bits per heavy atom. The Labute approximate surface area is 160 Å². The summed E-state index contributed by atoms with van der Waals surface area (Å²) in [6.45, 7) is 3.45. The van der Waals surface area contributed by atoms with Crippen molar-refractivity contribution in [3.8, 4) is 11.3 Å². The molecule has 26 heavy (non-hydrogen) atoms. The van der Waals surface area contributed by atoms with Gasteiger partial charge in [-0.15, -0.1) is 0 Å². The second-order valence-corrected chi connectivity index (χ2v) is 6.33. The van der Waals surface area contributed by atoms with Crippen molar-refractivity contribution in [1.29, 1.82) is 0 Å². The number of hydrogen-bond acceptors (Lipinski definition) is 5. The molecule has 0 aliphatic carbocycles. The maximum atomic E-state index is 12.3. The van der Waals surface area contributed by atoms with Crippen molar-refractivity contribution < 1.29 is 14.1 Å². The van der Waals surface area contributed by atoms with Gasteiger partial charge in [-0.1, -0.05) is 46.6 Å². The molecule has 134 valence electrons. The van der Waals surface area contributed by atoms with E-state index in [4.69, 9.17) is 32.5 Å². The molecule has 0 saturated heterocycles. The zero-order valence-electron chi connectivity index (χ0n) is 14.0. The highest BCUT2D eigenvalue weighted by molar-refractivity contribution is 6.31. The highest BCUT2D eigenvalue weighted by Crippen LogP contribution is 2.32. The van der Waals surface area contributed by atoms with Gasteiger partial charge >= 0.3 is 6.09 Å². The molecule has 0 spiro atoms. The standard InChI is InChI=1S/C18H15Cl2N3O3/c1-10-16(17(26-23-10)12-7-8-21-15(20)9-12)22-18(24)25-11(2)13-5-3-4-6-14(13)19/h3-9,11H,1-2H3,(H,22,24). The molecule has 1 unspecified atom stereocenters. The fourth-order valence-electron chi connectivity index (χ4n) is 2.42. The summed E-state index contributed by atoms with van der Waals surface area (Å²) in [6.07, 6.45) is 0.365. The van der Waals surface area contributed by atoms with Crippen LogP contribution >= 0.6 is 23.2 Å². The largest absolute Gasteiger partial charge is 0.441 e. The van der Waals surface area contributed by atoms with Crippen LogP contribution in [0, 0.1) is 6.92 Å². The number of pyridine rings is 1. The predicted octanol–water partition coefficient (Wildman–Crippen LogP) is 5.66. The van der Waals surface area contributed by atoms with E-state index in [9.17, 15) is 4.79 Å². The fourth-order valence-corrected chi connectivity index (χ4v) is 2.88. The number of amides is 1. The lowest BCUT2D eigenvalue weighted by atomic mass is 10.1. The van der Waals surface area contributed by atoms with Gasteiger partial charge in [-0.25, -0.2) is 9.78 Å². The molecule has 6 nitrogen and oxygen atoms in total. The minimum Gasteiger partial charge on any atom is -0.441 e. The third-order valence-electron chi connectivity index (χ3n) is 3.71. The molecular weight excluding hydrogens is 377 g/mol. The average molecular weight is 392 g/mol. The molecule has 0 aliphatic rings. The van der Waals surface area contributed by atoms with Gasteiger partial charge in [-0.3, -0.25) is 5.32 Å². The molecule has 1 atom stereocenters. The minimum atomic E-state index is -0.648. The lowest BCUT2D eigenvalue weighted by Crippen LogP contribution is -2.17. The summed E-state index contributed by atoms with van der Waals surface area (Å²) in [4.78, 5) is 16.2. The van der Waals surface area contributed by atoms with Crippen LogP contribution in [0.15, 0.2) is 47.1 Å². The first kappa shape index (κ1) is 18.2. The van der Waals surface area contributed by atoms with E-state index in [1.807, 2.05) is 12.1 Å².